The summed E-state index contributed by atoms with van der Waals surface area (Å²) in [6.07, 6.45) is 2.68. The third kappa shape index (κ3) is 4.21. The Bertz CT molecular complexity index is 404. The van der Waals surface area contributed by atoms with Crippen LogP contribution in [0.1, 0.15) is 45.2 Å². The van der Waals surface area contributed by atoms with Crippen LogP contribution in [-0.4, -0.2) is 30.6 Å². The highest BCUT2D eigenvalue weighted by molar-refractivity contribution is 6.30. The van der Waals surface area contributed by atoms with Crippen molar-refractivity contribution in [2.45, 2.75) is 45.7 Å². The highest BCUT2D eigenvalue weighted by Gasteiger charge is 2.24. The van der Waals surface area contributed by atoms with E-state index >= 15 is 0 Å². The van der Waals surface area contributed by atoms with Gasteiger partial charge in [-0.25, -0.2) is 0 Å². The minimum Gasteiger partial charge on any atom is -0.307 e. The van der Waals surface area contributed by atoms with Crippen molar-refractivity contribution in [3.05, 3.63) is 34.9 Å². The summed E-state index contributed by atoms with van der Waals surface area (Å²) in [7, 11) is 0. The van der Waals surface area contributed by atoms with Gasteiger partial charge in [-0.2, -0.15) is 0 Å². The molecule has 0 aliphatic carbocycles. The van der Waals surface area contributed by atoms with Crippen molar-refractivity contribution in [3.8, 4) is 0 Å². The van der Waals surface area contributed by atoms with Crippen LogP contribution in [0.4, 0.5) is 0 Å². The van der Waals surface area contributed by atoms with Gasteiger partial charge in [-0.1, -0.05) is 30.7 Å². The molecule has 1 saturated heterocycles. The van der Waals surface area contributed by atoms with E-state index in [0.717, 1.165) is 10.9 Å². The first-order valence-corrected chi connectivity index (χ1v) is 8.21. The molecule has 0 spiro atoms. The molecule has 1 fully saturated rings. The molecule has 1 aromatic carbocycles. The number of nitrogens with one attached hydrogen (secondary N) is 1. The number of likely N-dealkylation sites (tertiary alicyclic amines) is 1. The zero-order valence-corrected chi connectivity index (χ0v) is 13.7. The second-order valence-corrected chi connectivity index (χ2v) is 6.46. The van der Waals surface area contributed by atoms with E-state index in [4.69, 9.17) is 11.6 Å². The van der Waals surface area contributed by atoms with Gasteiger partial charge in [0.15, 0.2) is 0 Å². The molecule has 2 rings (SSSR count). The molecule has 20 heavy (non-hydrogen) atoms. The summed E-state index contributed by atoms with van der Waals surface area (Å²) in [4.78, 5) is 2.57. The van der Waals surface area contributed by atoms with Crippen LogP contribution in [0, 0.1) is 5.92 Å². The second kappa shape index (κ2) is 7.44. The molecule has 112 valence electrons. The zero-order chi connectivity index (χ0) is 14.5. The van der Waals surface area contributed by atoms with Crippen molar-refractivity contribution >= 4 is 11.6 Å². The molecule has 2 unspecified atom stereocenters. The van der Waals surface area contributed by atoms with Gasteiger partial charge in [0, 0.05) is 23.7 Å². The minimum atomic E-state index is 0.374. The quantitative estimate of drug-likeness (QED) is 0.879. The fourth-order valence-corrected chi connectivity index (χ4v) is 3.29. The molecular formula is C17H27ClN2. The van der Waals surface area contributed by atoms with E-state index in [-0.39, 0.29) is 0 Å². The molecule has 0 amide bonds. The number of benzene rings is 1. The first-order valence-electron chi connectivity index (χ1n) is 7.84. The van der Waals surface area contributed by atoms with Crippen LogP contribution in [0.3, 0.4) is 0 Å². The van der Waals surface area contributed by atoms with Crippen LogP contribution in [0.2, 0.25) is 5.02 Å². The Labute approximate surface area is 128 Å². The largest absolute Gasteiger partial charge is 0.307 e. The summed E-state index contributed by atoms with van der Waals surface area (Å²) in [5.41, 5.74) is 1.31. The lowest BCUT2D eigenvalue weighted by atomic mass is 9.90. The molecule has 3 heteroatoms. The van der Waals surface area contributed by atoms with Gasteiger partial charge in [-0.15, -0.1) is 0 Å². The van der Waals surface area contributed by atoms with Gasteiger partial charge in [-0.05, 0) is 63.4 Å². The monoisotopic (exact) mass is 294 g/mol. The van der Waals surface area contributed by atoms with Gasteiger partial charge in [0.2, 0.25) is 0 Å². The Kier molecular flexibility index (Phi) is 5.88. The molecular weight excluding hydrogens is 268 g/mol. The maximum Gasteiger partial charge on any atom is 0.0406 e. The third-order valence-electron chi connectivity index (χ3n) is 4.58. The van der Waals surface area contributed by atoms with Crippen LogP contribution in [-0.2, 0) is 0 Å². The fourth-order valence-electron chi connectivity index (χ4n) is 3.16. The number of hydrogen-bond donors (Lipinski definition) is 1. The number of halogens is 1. The predicted molar refractivity (Wildman–Crippen MR) is 87.3 cm³/mol. The van der Waals surface area contributed by atoms with Gasteiger partial charge < -0.3 is 10.2 Å². The lowest BCUT2D eigenvalue weighted by Gasteiger charge is -2.36. The summed E-state index contributed by atoms with van der Waals surface area (Å²) >= 11 is 5.95. The number of piperidine rings is 1. The molecule has 0 bridgehead atoms. The van der Waals surface area contributed by atoms with Gasteiger partial charge in [0.05, 0.1) is 0 Å². The lowest BCUT2D eigenvalue weighted by Crippen LogP contribution is -2.44. The fraction of sp³-hybridized carbons (Fsp3) is 0.647. The summed E-state index contributed by atoms with van der Waals surface area (Å²) in [5, 5.41) is 4.57. The molecule has 0 aromatic heterocycles. The second-order valence-electron chi connectivity index (χ2n) is 6.02. The van der Waals surface area contributed by atoms with Gasteiger partial charge in [0.25, 0.3) is 0 Å². The van der Waals surface area contributed by atoms with Crippen molar-refractivity contribution in [2.24, 2.45) is 5.92 Å². The van der Waals surface area contributed by atoms with Crippen molar-refractivity contribution < 1.29 is 0 Å². The highest BCUT2D eigenvalue weighted by Crippen LogP contribution is 2.22. The zero-order valence-electron chi connectivity index (χ0n) is 12.9. The molecule has 0 radical (unpaired) electrons. The highest BCUT2D eigenvalue weighted by atomic mass is 35.5. The lowest BCUT2D eigenvalue weighted by molar-refractivity contribution is 0.153. The minimum absolute atomic E-state index is 0.374. The van der Waals surface area contributed by atoms with Gasteiger partial charge >= 0.3 is 0 Å². The number of hydrogen-bond acceptors (Lipinski definition) is 2. The van der Waals surface area contributed by atoms with Crippen molar-refractivity contribution in [1.82, 2.24) is 10.2 Å². The van der Waals surface area contributed by atoms with Gasteiger partial charge in [-0.3, -0.25) is 0 Å². The SMILES string of the molecule is CCN1CCCC(C(C)N[C@H](C)c2ccc(Cl)cc2)C1. The summed E-state index contributed by atoms with van der Waals surface area (Å²) < 4.78 is 0. The maximum absolute atomic E-state index is 5.95. The van der Waals surface area contributed by atoms with Crippen LogP contribution in [0.15, 0.2) is 24.3 Å². The Hall–Kier alpha value is -0.570. The van der Waals surface area contributed by atoms with Crippen LogP contribution < -0.4 is 5.32 Å². The van der Waals surface area contributed by atoms with E-state index in [2.05, 4.69) is 43.1 Å². The molecule has 1 aromatic rings. The smallest absolute Gasteiger partial charge is 0.0406 e. The normalized spacial score (nSPS) is 23.5. The van der Waals surface area contributed by atoms with Crippen molar-refractivity contribution in [1.29, 1.82) is 0 Å². The van der Waals surface area contributed by atoms with E-state index in [0.29, 0.717) is 12.1 Å². The van der Waals surface area contributed by atoms with E-state index < -0.39 is 0 Å². The molecule has 2 nitrogen and oxygen atoms in total. The standard InChI is InChI=1S/C17H27ClN2/c1-4-20-11-5-6-16(12-20)14(3)19-13(2)15-7-9-17(18)10-8-15/h7-10,13-14,16,19H,4-6,11-12H2,1-3H3/t13-,14?,16?/m1/s1. The number of nitrogens with zero attached hydrogens (tertiary/aromatic N) is 1. The Morgan fingerprint density at radius 2 is 2.00 bits per heavy atom. The molecule has 1 aliphatic rings. The molecule has 0 saturated carbocycles. The average Bonchev–Trinajstić information content (AvgIpc) is 2.47. The Morgan fingerprint density at radius 1 is 1.30 bits per heavy atom. The van der Waals surface area contributed by atoms with Crippen molar-refractivity contribution in [2.75, 3.05) is 19.6 Å². The predicted octanol–water partition coefficient (Wildman–Crippen LogP) is 4.11. The maximum atomic E-state index is 5.95. The summed E-state index contributed by atoms with van der Waals surface area (Å²) in [6.45, 7) is 10.5. The topological polar surface area (TPSA) is 15.3 Å². The molecule has 1 N–H and O–H groups in total. The van der Waals surface area contributed by atoms with Crippen molar-refractivity contribution in [3.63, 3.8) is 0 Å². The summed E-state index contributed by atoms with van der Waals surface area (Å²) in [5.74, 6) is 0.762. The Balaban J connectivity index is 1.89. The third-order valence-corrected chi connectivity index (χ3v) is 4.83. The number of rotatable bonds is 5. The van der Waals surface area contributed by atoms with E-state index in [1.54, 1.807) is 0 Å². The first-order chi connectivity index (χ1) is 9.60. The average molecular weight is 295 g/mol. The summed E-state index contributed by atoms with van der Waals surface area (Å²) in [6, 6.07) is 9.10. The Morgan fingerprint density at radius 3 is 2.65 bits per heavy atom. The molecule has 1 heterocycles. The molecule has 1 aliphatic heterocycles. The van der Waals surface area contributed by atoms with Crippen LogP contribution >= 0.6 is 11.6 Å². The van der Waals surface area contributed by atoms with E-state index in [1.165, 1.54) is 38.0 Å². The van der Waals surface area contributed by atoms with E-state index in [9.17, 15) is 0 Å². The molecule has 3 atom stereocenters. The van der Waals surface area contributed by atoms with Crippen LogP contribution in [0.25, 0.3) is 0 Å². The van der Waals surface area contributed by atoms with Crippen LogP contribution in [0.5, 0.6) is 0 Å². The first kappa shape index (κ1) is 15.8. The van der Waals surface area contributed by atoms with E-state index in [1.807, 2.05) is 12.1 Å². The van der Waals surface area contributed by atoms with Gasteiger partial charge in [0.1, 0.15) is 0 Å².